The lowest BCUT2D eigenvalue weighted by Gasteiger charge is -1.85. The number of rotatable bonds is 2. The van der Waals surface area contributed by atoms with Crippen molar-refractivity contribution >= 4 is 21.7 Å². The lowest BCUT2D eigenvalue weighted by Crippen LogP contribution is -1.87. The molecule has 0 unspecified atom stereocenters. The van der Waals surface area contributed by atoms with Gasteiger partial charge in [-0.25, -0.2) is 4.98 Å². The van der Waals surface area contributed by atoms with Crippen LogP contribution in [0.1, 0.15) is 5.01 Å². The van der Waals surface area contributed by atoms with E-state index in [1.165, 1.54) is 0 Å². The van der Waals surface area contributed by atoms with E-state index in [0.29, 0.717) is 6.42 Å². The molecule has 0 amide bonds. The Morgan fingerprint density at radius 1 is 1.64 bits per heavy atom. The largest absolute Gasteiger partial charge is 0.396 e. The van der Waals surface area contributed by atoms with Crippen LogP contribution in [-0.2, 0) is 6.42 Å². The van der Waals surface area contributed by atoms with Crippen molar-refractivity contribution < 1.29 is 5.11 Å². The van der Waals surface area contributed by atoms with Crippen molar-refractivity contribution in [1.29, 1.82) is 0 Å². The average molecular weight is 168 g/mol. The van der Waals surface area contributed by atoms with Crippen molar-refractivity contribution in [2.75, 3.05) is 6.61 Å². The number of aromatic nitrogens is 2. The molecular formula is C7H8N2OS. The summed E-state index contributed by atoms with van der Waals surface area (Å²) in [5.74, 6) is 0. The third-order valence-corrected chi connectivity index (χ3v) is 2.56. The number of nitrogens with zero attached hydrogens (tertiary/aromatic N) is 1. The molecule has 0 aliphatic rings. The number of aromatic amines is 1. The molecule has 0 fully saturated rings. The van der Waals surface area contributed by atoms with Gasteiger partial charge in [0.1, 0.15) is 5.65 Å². The third-order valence-electron chi connectivity index (χ3n) is 1.48. The van der Waals surface area contributed by atoms with Gasteiger partial charge >= 0.3 is 0 Å². The number of aliphatic hydroxyl groups excluding tert-OH is 1. The van der Waals surface area contributed by atoms with Gasteiger partial charge in [0.25, 0.3) is 0 Å². The fourth-order valence-corrected chi connectivity index (χ4v) is 1.91. The maximum atomic E-state index is 8.64. The van der Waals surface area contributed by atoms with Crippen LogP contribution in [0.2, 0.25) is 0 Å². The molecule has 0 aromatic carbocycles. The van der Waals surface area contributed by atoms with E-state index in [0.717, 1.165) is 15.4 Å². The molecular weight excluding hydrogens is 160 g/mol. The highest BCUT2D eigenvalue weighted by atomic mass is 32.1. The molecule has 2 N–H and O–H groups in total. The fourth-order valence-electron chi connectivity index (χ4n) is 0.993. The summed E-state index contributed by atoms with van der Waals surface area (Å²) >= 11 is 1.63. The van der Waals surface area contributed by atoms with Crippen LogP contribution in [0.5, 0.6) is 0 Å². The Labute approximate surface area is 67.7 Å². The minimum Gasteiger partial charge on any atom is -0.396 e. The van der Waals surface area contributed by atoms with Gasteiger partial charge in [-0.2, -0.15) is 0 Å². The predicted molar refractivity (Wildman–Crippen MR) is 44.8 cm³/mol. The van der Waals surface area contributed by atoms with E-state index in [2.05, 4.69) is 9.97 Å². The number of fused-ring (bicyclic) bond motifs is 1. The van der Waals surface area contributed by atoms with Gasteiger partial charge in [0, 0.05) is 19.2 Å². The second-order valence-corrected chi connectivity index (χ2v) is 3.39. The molecule has 4 heteroatoms. The van der Waals surface area contributed by atoms with E-state index >= 15 is 0 Å². The van der Waals surface area contributed by atoms with Gasteiger partial charge in [-0.3, -0.25) is 0 Å². The molecule has 0 aliphatic heterocycles. The van der Waals surface area contributed by atoms with Crippen molar-refractivity contribution in [1.82, 2.24) is 9.97 Å². The third kappa shape index (κ3) is 1.15. The number of H-pyrrole nitrogens is 1. The molecule has 2 rings (SSSR count). The van der Waals surface area contributed by atoms with Gasteiger partial charge in [-0.15, -0.1) is 11.3 Å². The molecule has 0 spiro atoms. The number of nitrogens with one attached hydrogen (secondary N) is 1. The lowest BCUT2D eigenvalue weighted by atomic mass is 10.5. The summed E-state index contributed by atoms with van der Waals surface area (Å²) in [6.07, 6.45) is 2.53. The Kier molecular flexibility index (Phi) is 1.63. The van der Waals surface area contributed by atoms with Crippen LogP contribution in [0.3, 0.4) is 0 Å². The molecule has 2 aromatic heterocycles. The van der Waals surface area contributed by atoms with Crippen LogP contribution in [0.25, 0.3) is 10.3 Å². The summed E-state index contributed by atoms with van der Waals surface area (Å²) in [5, 5.41) is 9.63. The molecule has 0 saturated carbocycles. The van der Waals surface area contributed by atoms with Gasteiger partial charge in [0.05, 0.1) is 9.71 Å². The number of thiazole rings is 1. The van der Waals surface area contributed by atoms with Crippen LogP contribution in [0, 0.1) is 0 Å². The van der Waals surface area contributed by atoms with Crippen LogP contribution in [0.15, 0.2) is 12.3 Å². The lowest BCUT2D eigenvalue weighted by molar-refractivity contribution is 0.299. The molecule has 0 saturated heterocycles. The zero-order valence-corrected chi connectivity index (χ0v) is 6.69. The molecule has 2 aromatic rings. The fraction of sp³-hybridized carbons (Fsp3) is 0.286. The van der Waals surface area contributed by atoms with E-state index in [4.69, 9.17) is 5.11 Å². The Morgan fingerprint density at radius 3 is 3.27 bits per heavy atom. The number of hydrogen-bond donors (Lipinski definition) is 2. The first-order valence-electron chi connectivity index (χ1n) is 3.44. The first-order chi connectivity index (χ1) is 5.40. The highest BCUT2D eigenvalue weighted by Crippen LogP contribution is 2.20. The summed E-state index contributed by atoms with van der Waals surface area (Å²) < 4.78 is 1.16. The minimum absolute atomic E-state index is 0.177. The van der Waals surface area contributed by atoms with Crippen LogP contribution in [-0.4, -0.2) is 21.7 Å². The normalized spacial score (nSPS) is 11.0. The SMILES string of the molecule is OCCc1nc2[nH]ccc2s1. The molecule has 0 atom stereocenters. The van der Waals surface area contributed by atoms with Crippen molar-refractivity contribution in [3.63, 3.8) is 0 Å². The first kappa shape index (κ1) is 6.82. The molecule has 11 heavy (non-hydrogen) atoms. The Morgan fingerprint density at radius 2 is 2.55 bits per heavy atom. The summed E-state index contributed by atoms with van der Waals surface area (Å²) in [7, 11) is 0. The van der Waals surface area contributed by atoms with E-state index in [9.17, 15) is 0 Å². The summed E-state index contributed by atoms with van der Waals surface area (Å²) in [6.45, 7) is 0.177. The van der Waals surface area contributed by atoms with Crippen LogP contribution < -0.4 is 0 Å². The number of aliphatic hydroxyl groups is 1. The molecule has 0 bridgehead atoms. The zero-order chi connectivity index (χ0) is 7.68. The Hall–Kier alpha value is -0.870. The summed E-state index contributed by atoms with van der Waals surface area (Å²) in [4.78, 5) is 7.28. The van der Waals surface area contributed by atoms with Gasteiger partial charge in [-0.05, 0) is 6.07 Å². The molecule has 58 valence electrons. The monoisotopic (exact) mass is 168 g/mol. The second-order valence-electron chi connectivity index (χ2n) is 2.27. The van der Waals surface area contributed by atoms with Crippen molar-refractivity contribution in [3.05, 3.63) is 17.3 Å². The van der Waals surface area contributed by atoms with Gasteiger partial charge in [0.2, 0.25) is 0 Å². The topological polar surface area (TPSA) is 48.9 Å². The van der Waals surface area contributed by atoms with E-state index in [-0.39, 0.29) is 6.61 Å². The predicted octanol–water partition coefficient (Wildman–Crippen LogP) is 1.16. The zero-order valence-electron chi connectivity index (χ0n) is 5.87. The molecule has 0 aliphatic carbocycles. The maximum absolute atomic E-state index is 8.64. The summed E-state index contributed by atoms with van der Waals surface area (Å²) in [5.41, 5.74) is 0.929. The number of hydrogen-bond acceptors (Lipinski definition) is 3. The summed E-state index contributed by atoms with van der Waals surface area (Å²) in [6, 6.07) is 1.99. The average Bonchev–Trinajstić information content (AvgIpc) is 2.46. The van der Waals surface area contributed by atoms with Crippen molar-refractivity contribution in [2.24, 2.45) is 0 Å². The molecule has 2 heterocycles. The second kappa shape index (κ2) is 2.64. The van der Waals surface area contributed by atoms with Crippen molar-refractivity contribution in [3.8, 4) is 0 Å². The molecule has 0 radical (unpaired) electrons. The standard InChI is InChI=1S/C7H8N2OS/c10-4-2-6-9-7-5(11-6)1-3-8-7/h1,3,8,10H,2,4H2. The maximum Gasteiger partial charge on any atom is 0.148 e. The Balaban J connectivity index is 2.42. The van der Waals surface area contributed by atoms with Gasteiger partial charge < -0.3 is 10.1 Å². The van der Waals surface area contributed by atoms with Gasteiger partial charge in [-0.1, -0.05) is 0 Å². The minimum atomic E-state index is 0.177. The van der Waals surface area contributed by atoms with Crippen LogP contribution >= 0.6 is 11.3 Å². The highest BCUT2D eigenvalue weighted by Gasteiger charge is 2.02. The van der Waals surface area contributed by atoms with E-state index in [1.807, 2.05) is 12.3 Å². The van der Waals surface area contributed by atoms with E-state index < -0.39 is 0 Å². The smallest absolute Gasteiger partial charge is 0.148 e. The first-order valence-corrected chi connectivity index (χ1v) is 4.25. The Bertz CT molecular complexity index is 323. The highest BCUT2D eigenvalue weighted by molar-refractivity contribution is 7.18. The molecule has 3 nitrogen and oxygen atoms in total. The van der Waals surface area contributed by atoms with E-state index in [1.54, 1.807) is 11.3 Å². The van der Waals surface area contributed by atoms with Crippen molar-refractivity contribution in [2.45, 2.75) is 6.42 Å². The quantitative estimate of drug-likeness (QED) is 0.707. The van der Waals surface area contributed by atoms with Crippen LogP contribution in [0.4, 0.5) is 0 Å². The van der Waals surface area contributed by atoms with Gasteiger partial charge in [0.15, 0.2) is 0 Å².